The van der Waals surface area contributed by atoms with E-state index in [2.05, 4.69) is 0 Å². The quantitative estimate of drug-likeness (QED) is 0.803. The van der Waals surface area contributed by atoms with Crippen LogP contribution in [0.1, 0.15) is 22.3 Å². The number of anilines is 1. The Morgan fingerprint density at radius 2 is 1.84 bits per heavy atom. The number of Topliss-reactive ketones (excluding diaryl/α,β-unsaturated/α-hetero) is 1. The average Bonchev–Trinajstić information content (AvgIpc) is 2.66. The van der Waals surface area contributed by atoms with Crippen LogP contribution in [0.15, 0.2) is 48.5 Å². The Morgan fingerprint density at radius 1 is 1.08 bits per heavy atom. The molecule has 1 amide bonds. The van der Waals surface area contributed by atoms with Crippen molar-refractivity contribution in [1.29, 1.82) is 0 Å². The van der Waals surface area contributed by atoms with Crippen molar-refractivity contribution in [2.24, 2.45) is 0 Å². The minimum absolute atomic E-state index is 0.0727. The summed E-state index contributed by atoms with van der Waals surface area (Å²) in [6.45, 7) is 0.394. The highest BCUT2D eigenvalue weighted by atomic mass is 16.5. The summed E-state index contributed by atoms with van der Waals surface area (Å²) in [6.07, 6.45) is 3.57. The average molecular weight is 337 g/mol. The standard InChI is InChI=1S/C20H19NO4/c1-24-18-9-7-14(13-19(18)25-2)8-10-20(23)21-12-11-17(22)15-5-3-4-6-16(15)21/h3-10,13H,11-12H2,1-2H3/b10-8+. The van der Waals surface area contributed by atoms with Crippen LogP contribution in [-0.4, -0.2) is 32.5 Å². The molecule has 0 spiro atoms. The van der Waals surface area contributed by atoms with Gasteiger partial charge in [0.15, 0.2) is 17.3 Å². The Bertz CT molecular complexity index is 841. The van der Waals surface area contributed by atoms with Crippen LogP contribution in [0.3, 0.4) is 0 Å². The highest BCUT2D eigenvalue weighted by Crippen LogP contribution is 2.29. The molecule has 1 heterocycles. The SMILES string of the molecule is COc1ccc(/C=C/C(=O)N2CCC(=O)c3ccccc32)cc1OC. The fourth-order valence-electron chi connectivity index (χ4n) is 2.86. The molecule has 0 aliphatic carbocycles. The van der Waals surface area contributed by atoms with Crippen molar-refractivity contribution in [3.8, 4) is 11.5 Å². The maximum atomic E-state index is 12.6. The van der Waals surface area contributed by atoms with Crippen molar-refractivity contribution >= 4 is 23.5 Å². The lowest BCUT2D eigenvalue weighted by atomic mass is 10.0. The first-order chi connectivity index (χ1) is 12.1. The first-order valence-corrected chi connectivity index (χ1v) is 7.98. The second-order valence-electron chi connectivity index (χ2n) is 5.63. The number of para-hydroxylation sites is 1. The third-order valence-corrected chi connectivity index (χ3v) is 4.15. The van der Waals surface area contributed by atoms with E-state index in [0.29, 0.717) is 35.7 Å². The zero-order valence-corrected chi connectivity index (χ0v) is 14.2. The minimum Gasteiger partial charge on any atom is -0.493 e. The molecule has 0 aromatic heterocycles. The molecule has 0 saturated carbocycles. The van der Waals surface area contributed by atoms with E-state index in [4.69, 9.17) is 9.47 Å². The summed E-state index contributed by atoms with van der Waals surface area (Å²) in [7, 11) is 3.14. The van der Waals surface area contributed by atoms with E-state index in [9.17, 15) is 9.59 Å². The Morgan fingerprint density at radius 3 is 2.60 bits per heavy atom. The zero-order valence-electron chi connectivity index (χ0n) is 14.2. The molecule has 0 unspecified atom stereocenters. The summed E-state index contributed by atoms with van der Waals surface area (Å²) in [5.41, 5.74) is 2.09. The molecular formula is C20H19NO4. The van der Waals surface area contributed by atoms with Crippen LogP contribution in [0.4, 0.5) is 5.69 Å². The van der Waals surface area contributed by atoms with Gasteiger partial charge in [-0.2, -0.15) is 0 Å². The summed E-state index contributed by atoms with van der Waals surface area (Å²) < 4.78 is 10.5. The van der Waals surface area contributed by atoms with Gasteiger partial charge in [-0.15, -0.1) is 0 Å². The van der Waals surface area contributed by atoms with E-state index in [-0.39, 0.29) is 11.7 Å². The molecule has 0 radical (unpaired) electrons. The Hall–Kier alpha value is -3.08. The maximum absolute atomic E-state index is 12.6. The van der Waals surface area contributed by atoms with Crippen LogP contribution in [0.5, 0.6) is 11.5 Å². The number of amides is 1. The molecule has 5 heteroatoms. The number of nitrogens with zero attached hydrogens (tertiary/aromatic N) is 1. The van der Waals surface area contributed by atoms with Gasteiger partial charge < -0.3 is 14.4 Å². The molecular weight excluding hydrogens is 318 g/mol. The molecule has 3 rings (SSSR count). The monoisotopic (exact) mass is 337 g/mol. The Kier molecular flexibility index (Phi) is 4.84. The van der Waals surface area contributed by atoms with Crippen molar-refractivity contribution < 1.29 is 19.1 Å². The molecule has 2 aromatic rings. The number of hydrogen-bond donors (Lipinski definition) is 0. The van der Waals surface area contributed by atoms with E-state index in [1.165, 1.54) is 6.08 Å². The fourth-order valence-corrected chi connectivity index (χ4v) is 2.86. The smallest absolute Gasteiger partial charge is 0.251 e. The fraction of sp³-hybridized carbons (Fsp3) is 0.200. The number of carbonyl (C=O) groups is 2. The molecule has 2 aromatic carbocycles. The van der Waals surface area contributed by atoms with Gasteiger partial charge in [0.1, 0.15) is 0 Å². The van der Waals surface area contributed by atoms with Gasteiger partial charge in [0.2, 0.25) is 0 Å². The normalized spacial score (nSPS) is 13.7. The van der Waals surface area contributed by atoms with E-state index in [0.717, 1.165) is 5.56 Å². The van der Waals surface area contributed by atoms with Crippen LogP contribution in [0.2, 0.25) is 0 Å². The van der Waals surface area contributed by atoms with Gasteiger partial charge >= 0.3 is 0 Å². The topological polar surface area (TPSA) is 55.8 Å². The van der Waals surface area contributed by atoms with Crippen molar-refractivity contribution in [3.63, 3.8) is 0 Å². The van der Waals surface area contributed by atoms with Crippen molar-refractivity contribution in [3.05, 3.63) is 59.7 Å². The lowest BCUT2D eigenvalue weighted by Crippen LogP contribution is -2.36. The van der Waals surface area contributed by atoms with E-state index in [1.54, 1.807) is 49.5 Å². The van der Waals surface area contributed by atoms with Crippen LogP contribution in [0, 0.1) is 0 Å². The number of methoxy groups -OCH3 is 2. The number of hydrogen-bond acceptors (Lipinski definition) is 4. The predicted octanol–water partition coefficient (Wildman–Crippen LogP) is 3.34. The maximum Gasteiger partial charge on any atom is 0.251 e. The van der Waals surface area contributed by atoms with E-state index in [1.807, 2.05) is 18.2 Å². The van der Waals surface area contributed by atoms with Crippen LogP contribution in [-0.2, 0) is 4.79 Å². The number of ketones is 1. The second kappa shape index (κ2) is 7.21. The number of rotatable bonds is 4. The van der Waals surface area contributed by atoms with Gasteiger partial charge in [-0.05, 0) is 35.9 Å². The molecule has 0 fully saturated rings. The Labute approximate surface area is 146 Å². The number of benzene rings is 2. The number of fused-ring (bicyclic) bond motifs is 1. The summed E-state index contributed by atoms with van der Waals surface area (Å²) >= 11 is 0. The Balaban J connectivity index is 1.82. The molecule has 0 N–H and O–H groups in total. The first-order valence-electron chi connectivity index (χ1n) is 7.98. The highest BCUT2D eigenvalue weighted by molar-refractivity contribution is 6.12. The molecule has 0 bridgehead atoms. The second-order valence-corrected chi connectivity index (χ2v) is 5.63. The number of ether oxygens (including phenoxy) is 2. The van der Waals surface area contributed by atoms with Gasteiger partial charge in [0.25, 0.3) is 5.91 Å². The van der Waals surface area contributed by atoms with Crippen LogP contribution < -0.4 is 14.4 Å². The van der Waals surface area contributed by atoms with E-state index >= 15 is 0 Å². The predicted molar refractivity (Wildman–Crippen MR) is 96.3 cm³/mol. The molecule has 25 heavy (non-hydrogen) atoms. The summed E-state index contributed by atoms with van der Waals surface area (Å²) in [6, 6.07) is 12.6. The van der Waals surface area contributed by atoms with E-state index < -0.39 is 0 Å². The number of carbonyl (C=O) groups excluding carboxylic acids is 2. The summed E-state index contributed by atoms with van der Waals surface area (Å²) in [4.78, 5) is 26.2. The highest BCUT2D eigenvalue weighted by Gasteiger charge is 2.25. The zero-order chi connectivity index (χ0) is 17.8. The third kappa shape index (κ3) is 3.40. The molecule has 1 aliphatic rings. The largest absolute Gasteiger partial charge is 0.493 e. The van der Waals surface area contributed by atoms with Crippen molar-refractivity contribution in [2.75, 3.05) is 25.7 Å². The summed E-state index contributed by atoms with van der Waals surface area (Å²) in [5.74, 6) is 1.15. The molecule has 0 atom stereocenters. The van der Waals surface area contributed by atoms with Gasteiger partial charge in [-0.1, -0.05) is 18.2 Å². The van der Waals surface area contributed by atoms with Crippen LogP contribution >= 0.6 is 0 Å². The van der Waals surface area contributed by atoms with Crippen molar-refractivity contribution in [1.82, 2.24) is 0 Å². The van der Waals surface area contributed by atoms with Gasteiger partial charge in [0.05, 0.1) is 19.9 Å². The van der Waals surface area contributed by atoms with Crippen molar-refractivity contribution in [2.45, 2.75) is 6.42 Å². The van der Waals surface area contributed by atoms with Gasteiger partial charge in [-0.25, -0.2) is 0 Å². The first kappa shape index (κ1) is 16.8. The van der Waals surface area contributed by atoms with Gasteiger partial charge in [-0.3, -0.25) is 9.59 Å². The molecule has 128 valence electrons. The molecule has 0 saturated heterocycles. The molecule has 5 nitrogen and oxygen atoms in total. The lowest BCUT2D eigenvalue weighted by Gasteiger charge is -2.27. The lowest BCUT2D eigenvalue weighted by molar-refractivity contribution is -0.114. The molecule has 1 aliphatic heterocycles. The van der Waals surface area contributed by atoms with Crippen LogP contribution in [0.25, 0.3) is 6.08 Å². The van der Waals surface area contributed by atoms with Gasteiger partial charge in [0, 0.05) is 24.6 Å². The minimum atomic E-state index is -0.158. The third-order valence-electron chi connectivity index (χ3n) is 4.15. The summed E-state index contributed by atoms with van der Waals surface area (Å²) in [5, 5.41) is 0.